The van der Waals surface area contributed by atoms with E-state index in [1.807, 2.05) is 13.8 Å². The Labute approximate surface area is 334 Å². The molecule has 1 aliphatic heterocycles. The van der Waals surface area contributed by atoms with E-state index in [-0.39, 0.29) is 37.8 Å². The number of nitrogens with one attached hydrogen (secondary N) is 4. The van der Waals surface area contributed by atoms with E-state index < -0.39 is 96.4 Å². The lowest BCUT2D eigenvalue weighted by molar-refractivity contribution is -0.162. The van der Waals surface area contributed by atoms with E-state index in [0.717, 1.165) is 19.3 Å². The molecule has 316 valence electrons. The van der Waals surface area contributed by atoms with Gasteiger partial charge in [0.25, 0.3) is 5.91 Å². The van der Waals surface area contributed by atoms with Crippen molar-refractivity contribution in [3.05, 3.63) is 35.9 Å². The van der Waals surface area contributed by atoms with E-state index in [1.165, 1.54) is 4.90 Å². The Morgan fingerprint density at radius 1 is 0.930 bits per heavy atom. The molecule has 17 heteroatoms. The molecule has 1 heterocycles. The molecule has 0 spiro atoms. The quantitative estimate of drug-likeness (QED) is 0.100. The first kappa shape index (κ1) is 46.3. The van der Waals surface area contributed by atoms with Gasteiger partial charge in [-0.25, -0.2) is 9.59 Å². The van der Waals surface area contributed by atoms with Gasteiger partial charge < -0.3 is 46.1 Å². The summed E-state index contributed by atoms with van der Waals surface area (Å²) in [6.07, 6.45) is 2.84. The molecule has 2 fully saturated rings. The molecule has 3 rings (SSSR count). The summed E-state index contributed by atoms with van der Waals surface area (Å²) in [6.45, 7) is 9.56. The van der Waals surface area contributed by atoms with Gasteiger partial charge in [0.15, 0.2) is 0 Å². The number of nitrogens with zero attached hydrogens (tertiary/aromatic N) is 1. The second-order valence-corrected chi connectivity index (χ2v) is 16.0. The molecule has 0 aromatic heterocycles. The minimum absolute atomic E-state index is 0.0507. The number of benzene rings is 1. The number of hydrogen-bond donors (Lipinski definition) is 5. The van der Waals surface area contributed by atoms with Crippen molar-refractivity contribution in [1.82, 2.24) is 26.2 Å². The van der Waals surface area contributed by atoms with Crippen LogP contribution in [-0.4, -0.2) is 108 Å². The first-order valence-corrected chi connectivity index (χ1v) is 19.7. The molecular formula is C40H60N6O11. The molecular weight excluding hydrogens is 740 g/mol. The minimum Gasteiger partial charge on any atom is -0.458 e. The molecule has 6 amide bonds. The average Bonchev–Trinajstić information content (AvgIpc) is 3.60. The van der Waals surface area contributed by atoms with Crippen molar-refractivity contribution >= 4 is 47.4 Å². The van der Waals surface area contributed by atoms with Crippen molar-refractivity contribution in [2.24, 2.45) is 17.6 Å². The number of ether oxygens (including phenoxy) is 3. The van der Waals surface area contributed by atoms with Crippen LogP contribution < -0.4 is 27.0 Å². The summed E-state index contributed by atoms with van der Waals surface area (Å²) in [6, 6.07) is 3.51. The predicted molar refractivity (Wildman–Crippen MR) is 207 cm³/mol. The molecule has 6 N–H and O–H groups in total. The van der Waals surface area contributed by atoms with Gasteiger partial charge in [-0.05, 0) is 57.4 Å². The maximum absolute atomic E-state index is 14.4. The van der Waals surface area contributed by atoms with E-state index in [0.29, 0.717) is 24.8 Å². The van der Waals surface area contributed by atoms with Crippen LogP contribution in [-0.2, 0) is 47.8 Å². The third-order valence-electron chi connectivity index (χ3n) is 9.48. The third-order valence-corrected chi connectivity index (χ3v) is 9.48. The van der Waals surface area contributed by atoms with E-state index in [2.05, 4.69) is 21.3 Å². The van der Waals surface area contributed by atoms with Crippen LogP contribution in [0.1, 0.15) is 105 Å². The molecule has 2 aliphatic rings. The number of primary amides is 1. The minimum atomic E-state index is -1.33. The highest BCUT2D eigenvalue weighted by atomic mass is 16.6. The van der Waals surface area contributed by atoms with E-state index >= 15 is 0 Å². The molecule has 5 atom stereocenters. The first-order chi connectivity index (χ1) is 26.9. The van der Waals surface area contributed by atoms with Gasteiger partial charge >= 0.3 is 12.1 Å². The monoisotopic (exact) mass is 800 g/mol. The molecule has 1 aromatic carbocycles. The van der Waals surface area contributed by atoms with Crippen LogP contribution in [0.5, 0.6) is 0 Å². The number of carbonyl (C=O) groups is 8. The summed E-state index contributed by atoms with van der Waals surface area (Å²) < 4.78 is 16.6. The van der Waals surface area contributed by atoms with Crippen molar-refractivity contribution in [1.29, 1.82) is 0 Å². The van der Waals surface area contributed by atoms with Gasteiger partial charge in [0.05, 0.1) is 25.3 Å². The molecule has 1 saturated heterocycles. The Balaban J connectivity index is 1.78. The van der Waals surface area contributed by atoms with E-state index in [1.54, 1.807) is 58.0 Å². The summed E-state index contributed by atoms with van der Waals surface area (Å²) in [5, 5.41) is 10.0. The highest BCUT2D eigenvalue weighted by Crippen LogP contribution is 2.30. The Morgan fingerprint density at radius 3 is 2.19 bits per heavy atom. The number of esters is 1. The highest BCUT2D eigenvalue weighted by Gasteiger charge is 2.45. The summed E-state index contributed by atoms with van der Waals surface area (Å²) in [7, 11) is 0. The number of hydrogen-bond acceptors (Lipinski definition) is 11. The zero-order valence-corrected chi connectivity index (χ0v) is 33.9. The smallest absolute Gasteiger partial charge is 0.407 e. The van der Waals surface area contributed by atoms with Crippen LogP contribution in [0.15, 0.2) is 30.3 Å². The molecule has 57 heavy (non-hydrogen) atoms. The second-order valence-electron chi connectivity index (χ2n) is 16.0. The van der Waals surface area contributed by atoms with E-state index in [4.69, 9.17) is 19.9 Å². The Bertz CT molecular complexity index is 1570. The van der Waals surface area contributed by atoms with Gasteiger partial charge in [-0.2, -0.15) is 0 Å². The van der Waals surface area contributed by atoms with Crippen LogP contribution in [0, 0.1) is 11.8 Å². The normalized spacial score (nSPS) is 18.8. The van der Waals surface area contributed by atoms with Gasteiger partial charge in [-0.3, -0.25) is 28.8 Å². The lowest BCUT2D eigenvalue weighted by Crippen LogP contribution is -2.58. The maximum Gasteiger partial charge on any atom is 0.407 e. The van der Waals surface area contributed by atoms with Gasteiger partial charge in [-0.15, -0.1) is 0 Å². The topological polar surface area (TPSA) is 242 Å². The summed E-state index contributed by atoms with van der Waals surface area (Å²) in [5.74, 6) is -5.90. The number of nitrogens with two attached hydrogens (primary N) is 1. The number of likely N-dealkylation sites (tertiary alicyclic amines) is 1. The summed E-state index contributed by atoms with van der Waals surface area (Å²) in [5.41, 5.74) is 5.12. The van der Waals surface area contributed by atoms with Gasteiger partial charge in [-0.1, -0.05) is 76.8 Å². The molecule has 1 aromatic rings. The van der Waals surface area contributed by atoms with Crippen molar-refractivity contribution < 1.29 is 52.6 Å². The first-order valence-electron chi connectivity index (χ1n) is 19.7. The Kier molecular flexibility index (Phi) is 17.9. The zero-order chi connectivity index (χ0) is 42.3. The standard InChI is InChI=1S/C40H60N6O11/c1-7-14-28(34(49)37(52)42-20-30(47)44-32(35(41)50)25-15-10-8-11-16-25)43-36(51)29-19-27(55-23-31(48)57-40(4,5)6)21-46(29)38(53)33(26-17-12-9-13-18-26)45-39(54)56-22-24(2)3/h8,10-11,15-16,24,26-29,32-33H,7,9,12-14,17-23H2,1-6H3,(H2,41,50)(H,42,52)(H,43,51)(H,44,47)(H,45,54)/t27-,28?,29+,32?,33?/m1/s1. The van der Waals surface area contributed by atoms with Crippen LogP contribution in [0.2, 0.25) is 0 Å². The maximum atomic E-state index is 14.4. The van der Waals surface area contributed by atoms with Crippen LogP contribution in [0.4, 0.5) is 4.79 Å². The number of carbonyl (C=O) groups excluding carboxylic acids is 8. The fourth-order valence-corrected chi connectivity index (χ4v) is 6.81. The summed E-state index contributed by atoms with van der Waals surface area (Å²) in [4.78, 5) is 106. The molecule has 0 bridgehead atoms. The van der Waals surface area contributed by atoms with Crippen molar-refractivity contribution in [3.63, 3.8) is 0 Å². The Morgan fingerprint density at radius 2 is 1.60 bits per heavy atom. The zero-order valence-electron chi connectivity index (χ0n) is 33.9. The lowest BCUT2D eigenvalue weighted by atomic mass is 9.83. The average molecular weight is 801 g/mol. The van der Waals surface area contributed by atoms with Crippen LogP contribution >= 0.6 is 0 Å². The number of rotatable bonds is 19. The second kappa shape index (κ2) is 22.0. The fourth-order valence-electron chi connectivity index (χ4n) is 6.81. The highest BCUT2D eigenvalue weighted by molar-refractivity contribution is 6.38. The molecule has 17 nitrogen and oxygen atoms in total. The van der Waals surface area contributed by atoms with Crippen molar-refractivity contribution in [3.8, 4) is 0 Å². The molecule has 0 radical (unpaired) electrons. The van der Waals surface area contributed by atoms with Crippen molar-refractivity contribution in [2.45, 2.75) is 129 Å². The molecule has 3 unspecified atom stereocenters. The molecule has 1 aliphatic carbocycles. The lowest BCUT2D eigenvalue weighted by Gasteiger charge is -2.34. The number of ketones is 1. The van der Waals surface area contributed by atoms with Gasteiger partial charge in [0.1, 0.15) is 30.3 Å². The largest absolute Gasteiger partial charge is 0.458 e. The predicted octanol–water partition coefficient (Wildman–Crippen LogP) is 1.96. The van der Waals surface area contributed by atoms with Gasteiger partial charge in [0, 0.05) is 13.0 Å². The van der Waals surface area contributed by atoms with Crippen LogP contribution in [0.3, 0.4) is 0 Å². The molecule has 1 saturated carbocycles. The summed E-state index contributed by atoms with van der Waals surface area (Å²) >= 11 is 0. The van der Waals surface area contributed by atoms with Gasteiger partial charge in [0.2, 0.25) is 29.4 Å². The fraction of sp³-hybridized carbons (Fsp3) is 0.650. The van der Waals surface area contributed by atoms with Crippen LogP contribution in [0.25, 0.3) is 0 Å². The SMILES string of the molecule is CCCC(NC(=O)[C@@H]1C[C@@H](OCC(=O)OC(C)(C)C)CN1C(=O)C(NC(=O)OCC(C)C)C1CCCCC1)C(=O)C(=O)NCC(=O)NC(C(N)=O)c1ccccc1. The number of amides is 6. The van der Waals surface area contributed by atoms with E-state index in [9.17, 15) is 38.4 Å². The number of Topliss-reactive ketones (excluding diaryl/α,β-unsaturated/α-hetero) is 1. The Hall–Kier alpha value is -5.06. The number of alkyl carbamates (subject to hydrolysis) is 1. The third kappa shape index (κ3) is 15.1. The van der Waals surface area contributed by atoms with Crippen molar-refractivity contribution in [2.75, 3.05) is 26.3 Å².